The Balaban J connectivity index is 1.73. The summed E-state index contributed by atoms with van der Waals surface area (Å²) in [5.41, 5.74) is 0.909. The number of hydrogen-bond donors (Lipinski definition) is 2. The van der Waals surface area contributed by atoms with Crippen LogP contribution in [0.15, 0.2) is 35.4 Å². The summed E-state index contributed by atoms with van der Waals surface area (Å²) < 4.78 is 27.7. The molecule has 0 saturated carbocycles. The van der Waals surface area contributed by atoms with Crippen molar-refractivity contribution in [1.29, 1.82) is 0 Å². The Labute approximate surface area is 160 Å². The fourth-order valence-corrected chi connectivity index (χ4v) is 4.79. The van der Waals surface area contributed by atoms with Crippen molar-refractivity contribution in [3.05, 3.63) is 39.7 Å². The molecule has 0 radical (unpaired) electrons. The highest BCUT2D eigenvalue weighted by Gasteiger charge is 2.25. The molecule has 25 heavy (non-hydrogen) atoms. The van der Waals surface area contributed by atoms with Gasteiger partial charge in [0.05, 0.1) is 14.7 Å². The molecule has 1 aliphatic heterocycles. The first-order chi connectivity index (χ1) is 12.0. The highest BCUT2D eigenvalue weighted by molar-refractivity contribution is 14.1. The SMILES string of the molecule is O=C(Nc1ccc(S(=O)(=O)N2CCCCCC2)cc1)c1[nH]ncc1I. The average Bonchev–Trinajstić information content (AvgIpc) is 2.85. The Bertz CT molecular complexity index is 841. The first kappa shape index (κ1) is 18.3. The zero-order valence-electron chi connectivity index (χ0n) is 13.5. The summed E-state index contributed by atoms with van der Waals surface area (Å²) in [4.78, 5) is 12.4. The van der Waals surface area contributed by atoms with Crippen LogP contribution in [0.5, 0.6) is 0 Å². The Kier molecular flexibility index (Phi) is 5.74. The highest BCUT2D eigenvalue weighted by Crippen LogP contribution is 2.22. The van der Waals surface area contributed by atoms with E-state index in [1.165, 1.54) is 12.1 Å². The van der Waals surface area contributed by atoms with Crippen LogP contribution in [0.4, 0.5) is 5.69 Å². The lowest BCUT2D eigenvalue weighted by Gasteiger charge is -2.20. The van der Waals surface area contributed by atoms with E-state index in [1.807, 2.05) is 22.6 Å². The number of nitrogens with zero attached hydrogens (tertiary/aromatic N) is 2. The molecule has 0 spiro atoms. The summed E-state index contributed by atoms with van der Waals surface area (Å²) in [6.45, 7) is 1.14. The minimum Gasteiger partial charge on any atom is -0.321 e. The highest BCUT2D eigenvalue weighted by atomic mass is 127. The molecule has 0 aliphatic carbocycles. The number of halogens is 1. The van der Waals surface area contributed by atoms with Crippen molar-refractivity contribution in [2.24, 2.45) is 0 Å². The minimum absolute atomic E-state index is 0.253. The summed E-state index contributed by atoms with van der Waals surface area (Å²) in [6, 6.07) is 6.28. The lowest BCUT2D eigenvalue weighted by atomic mass is 10.2. The second-order valence-corrected chi connectivity index (χ2v) is 8.99. The van der Waals surface area contributed by atoms with Crippen LogP contribution in [0.25, 0.3) is 0 Å². The second kappa shape index (κ2) is 7.83. The first-order valence-corrected chi connectivity index (χ1v) is 10.6. The number of anilines is 1. The van der Waals surface area contributed by atoms with Crippen LogP contribution < -0.4 is 5.32 Å². The molecule has 1 saturated heterocycles. The Morgan fingerprint density at radius 2 is 1.76 bits per heavy atom. The number of H-pyrrole nitrogens is 1. The predicted octanol–water partition coefficient (Wildman–Crippen LogP) is 2.83. The minimum atomic E-state index is -3.48. The van der Waals surface area contributed by atoms with E-state index in [0.717, 1.165) is 29.3 Å². The number of aromatic amines is 1. The Hall–Kier alpha value is -1.46. The van der Waals surface area contributed by atoms with Crippen molar-refractivity contribution in [2.75, 3.05) is 18.4 Å². The second-order valence-electron chi connectivity index (χ2n) is 5.89. The maximum absolute atomic E-state index is 12.7. The number of carbonyl (C=O) groups excluding carboxylic acids is 1. The third-order valence-corrected chi connectivity index (χ3v) is 6.87. The maximum Gasteiger partial charge on any atom is 0.274 e. The molecule has 1 fully saturated rings. The lowest BCUT2D eigenvalue weighted by Crippen LogP contribution is -2.31. The van der Waals surface area contributed by atoms with E-state index >= 15 is 0 Å². The molecule has 2 aromatic rings. The van der Waals surface area contributed by atoms with Gasteiger partial charge in [0.15, 0.2) is 0 Å². The van der Waals surface area contributed by atoms with Crippen molar-refractivity contribution < 1.29 is 13.2 Å². The molecule has 9 heteroatoms. The van der Waals surface area contributed by atoms with Gasteiger partial charge in [0.25, 0.3) is 5.91 Å². The van der Waals surface area contributed by atoms with Crippen molar-refractivity contribution in [3.63, 3.8) is 0 Å². The van der Waals surface area contributed by atoms with Crippen molar-refractivity contribution >= 4 is 44.2 Å². The standard InChI is InChI=1S/C16H19IN4O3S/c17-14-11-18-20-15(14)16(22)19-12-5-7-13(8-6-12)25(23,24)21-9-3-1-2-4-10-21/h5-8,11H,1-4,9-10H2,(H,18,20)(H,19,22). The molecule has 0 atom stereocenters. The number of nitrogens with one attached hydrogen (secondary N) is 2. The van der Waals surface area contributed by atoms with E-state index < -0.39 is 10.0 Å². The van der Waals surface area contributed by atoms with Gasteiger partial charge in [-0.15, -0.1) is 0 Å². The number of benzene rings is 1. The predicted molar refractivity (Wildman–Crippen MR) is 103 cm³/mol. The quantitative estimate of drug-likeness (QED) is 0.667. The Morgan fingerprint density at radius 1 is 1.12 bits per heavy atom. The summed E-state index contributed by atoms with van der Waals surface area (Å²) in [7, 11) is -3.48. The topological polar surface area (TPSA) is 95.2 Å². The van der Waals surface area contributed by atoms with Crippen LogP contribution in [0.1, 0.15) is 36.2 Å². The first-order valence-electron chi connectivity index (χ1n) is 8.09. The van der Waals surface area contributed by atoms with Gasteiger partial charge in [0.2, 0.25) is 10.0 Å². The summed E-state index contributed by atoms with van der Waals surface area (Å²) >= 11 is 2.02. The van der Waals surface area contributed by atoms with E-state index in [9.17, 15) is 13.2 Å². The Morgan fingerprint density at radius 3 is 2.32 bits per heavy atom. The molecule has 1 aliphatic rings. The summed E-state index contributed by atoms with van der Waals surface area (Å²) in [6.07, 6.45) is 5.51. The smallest absolute Gasteiger partial charge is 0.274 e. The molecule has 3 rings (SSSR count). The van der Waals surface area contributed by atoms with Crippen molar-refractivity contribution in [1.82, 2.24) is 14.5 Å². The number of carbonyl (C=O) groups is 1. The van der Waals surface area contributed by atoms with Crippen LogP contribution in [-0.4, -0.2) is 41.9 Å². The van der Waals surface area contributed by atoms with Gasteiger partial charge in [-0.2, -0.15) is 9.40 Å². The number of amides is 1. The van der Waals surface area contributed by atoms with E-state index in [2.05, 4.69) is 15.5 Å². The monoisotopic (exact) mass is 474 g/mol. The molecule has 7 nitrogen and oxygen atoms in total. The largest absolute Gasteiger partial charge is 0.321 e. The van der Waals surface area contributed by atoms with Gasteiger partial charge in [-0.25, -0.2) is 8.42 Å². The van der Waals surface area contributed by atoms with E-state index in [1.54, 1.807) is 22.6 Å². The number of rotatable bonds is 4. The summed E-state index contributed by atoms with van der Waals surface area (Å²) in [5, 5.41) is 9.18. The van der Waals surface area contributed by atoms with E-state index in [0.29, 0.717) is 24.5 Å². The fraction of sp³-hybridized carbons (Fsp3) is 0.375. The van der Waals surface area contributed by atoms with Crippen LogP contribution in [0.3, 0.4) is 0 Å². The lowest BCUT2D eigenvalue weighted by molar-refractivity contribution is 0.102. The maximum atomic E-state index is 12.7. The number of hydrogen-bond acceptors (Lipinski definition) is 4. The third kappa shape index (κ3) is 4.21. The molecule has 2 heterocycles. The van der Waals surface area contributed by atoms with E-state index in [-0.39, 0.29) is 10.8 Å². The molecule has 2 N–H and O–H groups in total. The molecular weight excluding hydrogens is 455 g/mol. The molecule has 0 bridgehead atoms. The van der Waals surface area contributed by atoms with Crippen molar-refractivity contribution in [2.45, 2.75) is 30.6 Å². The zero-order chi connectivity index (χ0) is 17.9. The average molecular weight is 474 g/mol. The van der Waals surface area contributed by atoms with E-state index in [4.69, 9.17) is 0 Å². The van der Waals surface area contributed by atoms with Crippen molar-refractivity contribution in [3.8, 4) is 0 Å². The zero-order valence-corrected chi connectivity index (χ0v) is 16.5. The van der Waals surface area contributed by atoms with Gasteiger partial charge >= 0.3 is 0 Å². The van der Waals surface area contributed by atoms with Crippen LogP contribution >= 0.6 is 22.6 Å². The molecule has 1 aromatic heterocycles. The molecule has 1 aromatic carbocycles. The molecule has 0 unspecified atom stereocenters. The molecular formula is C16H19IN4O3S. The molecule has 134 valence electrons. The van der Waals surface area contributed by atoms with Crippen LogP contribution in [0.2, 0.25) is 0 Å². The van der Waals surface area contributed by atoms with Gasteiger partial charge in [-0.05, 0) is 59.7 Å². The normalized spacial score (nSPS) is 16.4. The van der Waals surface area contributed by atoms with Gasteiger partial charge in [0.1, 0.15) is 5.69 Å². The van der Waals surface area contributed by atoms with Crippen LogP contribution in [-0.2, 0) is 10.0 Å². The summed E-state index contributed by atoms with van der Waals surface area (Å²) in [5.74, 6) is -0.315. The number of sulfonamides is 1. The van der Waals surface area contributed by atoms with Crippen LogP contribution in [0, 0.1) is 3.57 Å². The fourth-order valence-electron chi connectivity index (χ4n) is 2.77. The van der Waals surface area contributed by atoms with Gasteiger partial charge in [-0.3, -0.25) is 9.89 Å². The van der Waals surface area contributed by atoms with Gasteiger partial charge in [-0.1, -0.05) is 12.8 Å². The molecule has 1 amide bonds. The van der Waals surface area contributed by atoms with Gasteiger partial charge < -0.3 is 5.32 Å². The number of aromatic nitrogens is 2. The van der Waals surface area contributed by atoms with Gasteiger partial charge in [0, 0.05) is 18.8 Å². The third-order valence-electron chi connectivity index (χ3n) is 4.14.